The Morgan fingerprint density at radius 1 is 1.13 bits per heavy atom. The summed E-state index contributed by atoms with van der Waals surface area (Å²) in [6, 6.07) is 16.8. The van der Waals surface area contributed by atoms with E-state index in [9.17, 15) is 14.7 Å². The van der Waals surface area contributed by atoms with Crippen LogP contribution < -0.4 is 10.1 Å². The minimum absolute atomic E-state index is 0.0160. The molecule has 2 saturated heterocycles. The fraction of sp³-hybridized carbons (Fsp3) is 0.417. The topological polar surface area (TPSA) is 82.1 Å². The van der Waals surface area contributed by atoms with Crippen LogP contribution in [0, 0.1) is 5.92 Å². The van der Waals surface area contributed by atoms with Crippen LogP contribution in [0.1, 0.15) is 24.3 Å². The van der Waals surface area contributed by atoms with E-state index < -0.39 is 5.54 Å². The second-order valence-electron chi connectivity index (χ2n) is 8.74. The fourth-order valence-electron chi connectivity index (χ4n) is 5.21. The summed E-state index contributed by atoms with van der Waals surface area (Å²) in [6.45, 7) is 0.838. The lowest BCUT2D eigenvalue weighted by molar-refractivity contribution is -0.193. The van der Waals surface area contributed by atoms with Crippen LogP contribution in [0.5, 0.6) is 5.75 Å². The van der Waals surface area contributed by atoms with Gasteiger partial charge in [-0.15, -0.1) is 0 Å². The number of urea groups is 1. The average molecular weight is 421 g/mol. The second kappa shape index (κ2) is 7.57. The molecule has 31 heavy (non-hydrogen) atoms. The predicted molar refractivity (Wildman–Crippen MR) is 116 cm³/mol. The zero-order chi connectivity index (χ0) is 21.6. The molecule has 3 fully saturated rings. The van der Waals surface area contributed by atoms with Gasteiger partial charge in [0, 0.05) is 36.7 Å². The van der Waals surface area contributed by atoms with Crippen molar-refractivity contribution < 1.29 is 19.4 Å². The number of nitrogens with one attached hydrogen (secondary N) is 1. The van der Waals surface area contributed by atoms with Crippen molar-refractivity contribution in [2.75, 3.05) is 32.1 Å². The molecular weight excluding hydrogens is 394 g/mol. The maximum Gasteiger partial charge on any atom is 0.322 e. The third-order valence-corrected chi connectivity index (χ3v) is 6.82. The van der Waals surface area contributed by atoms with Crippen LogP contribution in [0.2, 0.25) is 0 Å². The molecule has 0 radical (unpaired) electrons. The Labute approximate surface area is 181 Å². The fourth-order valence-corrected chi connectivity index (χ4v) is 5.21. The molecule has 2 N–H and O–H groups in total. The van der Waals surface area contributed by atoms with Gasteiger partial charge in [-0.3, -0.25) is 4.79 Å². The Hall–Kier alpha value is -3.06. The summed E-state index contributed by atoms with van der Waals surface area (Å²) in [7, 11) is 1.59. The average Bonchev–Trinajstić information content (AvgIpc) is 3.58. The summed E-state index contributed by atoms with van der Waals surface area (Å²) in [5.41, 5.74) is 1.33. The number of aliphatic hydroxyl groups is 1. The first-order chi connectivity index (χ1) is 15.1. The number of nitrogens with zero attached hydrogens (tertiary/aromatic N) is 2. The molecule has 1 spiro atoms. The smallest absolute Gasteiger partial charge is 0.322 e. The number of benzene rings is 2. The lowest BCUT2D eigenvalue weighted by Crippen LogP contribution is -2.86. The monoisotopic (exact) mass is 421 g/mol. The molecule has 1 aliphatic carbocycles. The van der Waals surface area contributed by atoms with E-state index in [0.717, 1.165) is 18.4 Å². The molecule has 2 heterocycles. The molecule has 0 aromatic heterocycles. The van der Waals surface area contributed by atoms with Crippen molar-refractivity contribution in [1.82, 2.24) is 9.80 Å². The van der Waals surface area contributed by atoms with Gasteiger partial charge in [0.1, 0.15) is 5.75 Å². The van der Waals surface area contributed by atoms with Crippen molar-refractivity contribution in [3.05, 3.63) is 60.2 Å². The van der Waals surface area contributed by atoms with Crippen molar-refractivity contribution >= 4 is 17.6 Å². The lowest BCUT2D eigenvalue weighted by Gasteiger charge is -2.70. The zero-order valence-electron chi connectivity index (χ0n) is 17.5. The van der Waals surface area contributed by atoms with E-state index in [1.165, 1.54) is 0 Å². The lowest BCUT2D eigenvalue weighted by atomic mass is 9.60. The van der Waals surface area contributed by atoms with Gasteiger partial charge in [0.25, 0.3) is 0 Å². The van der Waals surface area contributed by atoms with Crippen LogP contribution in [0.15, 0.2) is 54.6 Å². The van der Waals surface area contributed by atoms with E-state index in [0.29, 0.717) is 24.5 Å². The molecule has 5 rings (SSSR count). The van der Waals surface area contributed by atoms with Crippen LogP contribution in [-0.2, 0) is 4.79 Å². The standard InChI is InChI=1S/C24H27N3O4/c1-31-19-9-5-8-18(12-19)25-23(30)26-14-24(15-26)21(16-6-3-2-4-7-16)20(13-28)27(24)22(29)17-10-11-17/h2-9,12,17,20-21,28H,10-11,13-15H2,1H3,(H,25,30)/t20-,21-/m1/s1. The highest BCUT2D eigenvalue weighted by Gasteiger charge is 2.69. The number of amides is 3. The Morgan fingerprint density at radius 3 is 2.52 bits per heavy atom. The number of rotatable bonds is 5. The van der Waals surface area contributed by atoms with Crippen LogP contribution in [0.4, 0.5) is 10.5 Å². The molecule has 0 bridgehead atoms. The van der Waals surface area contributed by atoms with E-state index in [-0.39, 0.29) is 36.4 Å². The molecule has 1 saturated carbocycles. The Balaban J connectivity index is 1.36. The van der Waals surface area contributed by atoms with Gasteiger partial charge < -0.3 is 25.0 Å². The quantitative estimate of drug-likeness (QED) is 0.778. The first-order valence-electron chi connectivity index (χ1n) is 10.8. The van der Waals surface area contributed by atoms with Crippen LogP contribution in [0.25, 0.3) is 0 Å². The summed E-state index contributed by atoms with van der Waals surface area (Å²) < 4.78 is 5.22. The second-order valence-corrected chi connectivity index (χ2v) is 8.74. The minimum atomic E-state index is -0.444. The van der Waals surface area contributed by atoms with E-state index >= 15 is 0 Å². The van der Waals surface area contributed by atoms with Gasteiger partial charge >= 0.3 is 6.03 Å². The van der Waals surface area contributed by atoms with E-state index in [1.807, 2.05) is 53.4 Å². The normalized spacial score (nSPS) is 23.7. The van der Waals surface area contributed by atoms with Gasteiger partial charge in [0.15, 0.2) is 0 Å². The Morgan fingerprint density at radius 2 is 1.87 bits per heavy atom. The number of carbonyl (C=O) groups is 2. The largest absolute Gasteiger partial charge is 0.497 e. The number of aliphatic hydroxyl groups excluding tert-OH is 1. The summed E-state index contributed by atoms with van der Waals surface area (Å²) in [4.78, 5) is 29.5. The van der Waals surface area contributed by atoms with Gasteiger partial charge in [-0.05, 0) is 30.5 Å². The highest BCUT2D eigenvalue weighted by atomic mass is 16.5. The summed E-state index contributed by atoms with van der Waals surface area (Å²) >= 11 is 0. The van der Waals surface area contributed by atoms with Gasteiger partial charge in [0.05, 0.1) is 25.3 Å². The molecule has 2 aromatic carbocycles. The summed E-state index contributed by atoms with van der Waals surface area (Å²) in [5, 5.41) is 13.0. The summed E-state index contributed by atoms with van der Waals surface area (Å²) in [5.74, 6) is 0.886. The van der Waals surface area contributed by atoms with Crippen LogP contribution in [-0.4, -0.2) is 65.2 Å². The maximum atomic E-state index is 13.1. The molecule has 0 unspecified atom stereocenters. The van der Waals surface area contributed by atoms with E-state index in [2.05, 4.69) is 5.32 Å². The van der Waals surface area contributed by atoms with Crippen molar-refractivity contribution in [3.63, 3.8) is 0 Å². The van der Waals surface area contributed by atoms with Crippen molar-refractivity contribution in [2.45, 2.75) is 30.3 Å². The zero-order valence-corrected chi connectivity index (χ0v) is 17.5. The molecule has 3 aliphatic rings. The number of hydrogen-bond donors (Lipinski definition) is 2. The predicted octanol–water partition coefficient (Wildman–Crippen LogP) is 2.68. The molecule has 2 aliphatic heterocycles. The van der Waals surface area contributed by atoms with Gasteiger partial charge in [-0.25, -0.2) is 4.79 Å². The third kappa shape index (κ3) is 3.24. The van der Waals surface area contributed by atoms with Crippen molar-refractivity contribution in [1.29, 1.82) is 0 Å². The van der Waals surface area contributed by atoms with Crippen molar-refractivity contribution in [3.8, 4) is 5.75 Å². The molecule has 7 nitrogen and oxygen atoms in total. The third-order valence-electron chi connectivity index (χ3n) is 6.82. The van der Waals surface area contributed by atoms with Gasteiger partial charge in [0.2, 0.25) is 5.91 Å². The number of hydrogen-bond acceptors (Lipinski definition) is 4. The molecule has 162 valence electrons. The first kappa shape index (κ1) is 19.9. The number of carbonyl (C=O) groups excluding carboxylic acids is 2. The first-order valence-corrected chi connectivity index (χ1v) is 10.8. The molecule has 7 heteroatoms. The molecule has 3 amide bonds. The number of likely N-dealkylation sites (tertiary alicyclic amines) is 2. The van der Waals surface area contributed by atoms with Gasteiger partial charge in [-0.2, -0.15) is 0 Å². The Kier molecular flexibility index (Phi) is 4.85. The highest BCUT2D eigenvalue weighted by molar-refractivity contribution is 5.91. The van der Waals surface area contributed by atoms with E-state index in [4.69, 9.17) is 4.74 Å². The van der Waals surface area contributed by atoms with Crippen LogP contribution in [0.3, 0.4) is 0 Å². The number of anilines is 1. The SMILES string of the molecule is COc1cccc(NC(=O)N2CC3(C2)[C@H](c2ccccc2)[C@@H](CO)N3C(=O)C2CC2)c1. The molecule has 2 aromatic rings. The van der Waals surface area contributed by atoms with Crippen LogP contribution >= 0.6 is 0 Å². The summed E-state index contributed by atoms with van der Waals surface area (Å²) in [6.07, 6.45) is 1.83. The maximum absolute atomic E-state index is 13.1. The highest BCUT2D eigenvalue weighted by Crippen LogP contribution is 2.55. The molecular formula is C24H27N3O4. The molecule has 2 atom stereocenters. The Bertz CT molecular complexity index is 985. The van der Waals surface area contributed by atoms with E-state index in [1.54, 1.807) is 18.1 Å². The minimum Gasteiger partial charge on any atom is -0.497 e. The number of methoxy groups -OCH3 is 1. The van der Waals surface area contributed by atoms with Gasteiger partial charge in [-0.1, -0.05) is 36.4 Å². The van der Waals surface area contributed by atoms with Crippen molar-refractivity contribution in [2.24, 2.45) is 5.92 Å². The number of ether oxygens (including phenoxy) is 1.